The van der Waals surface area contributed by atoms with Gasteiger partial charge in [-0.1, -0.05) is 46.8 Å². The number of carbonyl (C=O) groups excluding carboxylic acids is 1. The number of ketones is 1. The molecule has 0 aromatic carbocycles. The number of carbonyl (C=O) groups is 2. The molecule has 1 fully saturated rings. The summed E-state index contributed by atoms with van der Waals surface area (Å²) in [6, 6.07) is 0. The summed E-state index contributed by atoms with van der Waals surface area (Å²) in [6.45, 7) is 10.7. The zero-order valence-electron chi connectivity index (χ0n) is 14.1. The van der Waals surface area contributed by atoms with Crippen molar-refractivity contribution in [3.05, 3.63) is 12.2 Å². The van der Waals surface area contributed by atoms with Crippen molar-refractivity contribution in [1.29, 1.82) is 0 Å². The molecule has 0 saturated heterocycles. The summed E-state index contributed by atoms with van der Waals surface area (Å²) >= 11 is 0. The van der Waals surface area contributed by atoms with E-state index in [4.69, 9.17) is 5.11 Å². The fraction of sp³-hybridized carbons (Fsp3) is 0.778. The Labute approximate surface area is 128 Å². The Morgan fingerprint density at radius 2 is 1.95 bits per heavy atom. The van der Waals surface area contributed by atoms with Gasteiger partial charge in [-0.2, -0.15) is 0 Å². The molecule has 3 heteroatoms. The van der Waals surface area contributed by atoms with Crippen LogP contribution in [-0.2, 0) is 9.59 Å². The number of hydrogen-bond acceptors (Lipinski definition) is 2. The second-order valence-electron chi connectivity index (χ2n) is 7.23. The van der Waals surface area contributed by atoms with Crippen molar-refractivity contribution < 1.29 is 14.7 Å². The number of rotatable bonds is 7. The predicted octanol–water partition coefficient (Wildman–Crippen LogP) is 4.32. The topological polar surface area (TPSA) is 54.4 Å². The van der Waals surface area contributed by atoms with Crippen LogP contribution in [0.2, 0.25) is 0 Å². The first-order chi connectivity index (χ1) is 9.68. The number of hydrogen-bond donors (Lipinski definition) is 1. The highest BCUT2D eigenvalue weighted by atomic mass is 16.4. The lowest BCUT2D eigenvalue weighted by Gasteiger charge is -2.33. The highest BCUT2D eigenvalue weighted by Crippen LogP contribution is 2.47. The van der Waals surface area contributed by atoms with Gasteiger partial charge in [0.05, 0.1) is 0 Å². The van der Waals surface area contributed by atoms with E-state index in [1.807, 2.05) is 6.92 Å². The molecule has 0 aromatic heterocycles. The summed E-state index contributed by atoms with van der Waals surface area (Å²) < 4.78 is 0. The van der Waals surface area contributed by atoms with Gasteiger partial charge < -0.3 is 5.11 Å². The molecular weight excluding hydrogens is 264 g/mol. The maximum absolute atomic E-state index is 12.3. The standard InChI is InChI=1S/C18H30O3/c1-12(2)13(3)6-7-14(4)15-8-9-16(19)18(15,5)11-10-17(20)21/h6-7,12-15H,8-11H2,1-5H3,(H,20,21)/b7-6+/t13-,14+,15+,18+/m0/s1. The fourth-order valence-electron chi connectivity index (χ4n) is 3.34. The predicted molar refractivity (Wildman–Crippen MR) is 85.0 cm³/mol. The van der Waals surface area contributed by atoms with Gasteiger partial charge in [-0.3, -0.25) is 9.59 Å². The van der Waals surface area contributed by atoms with Crippen molar-refractivity contribution in [2.45, 2.75) is 60.3 Å². The zero-order valence-corrected chi connectivity index (χ0v) is 14.1. The minimum absolute atomic E-state index is 0.0809. The monoisotopic (exact) mass is 294 g/mol. The van der Waals surface area contributed by atoms with Crippen LogP contribution in [0.4, 0.5) is 0 Å². The molecule has 0 heterocycles. The Balaban J connectivity index is 2.79. The Morgan fingerprint density at radius 3 is 2.48 bits per heavy atom. The van der Waals surface area contributed by atoms with E-state index in [1.165, 1.54) is 0 Å². The van der Waals surface area contributed by atoms with Crippen molar-refractivity contribution in [3.63, 3.8) is 0 Å². The van der Waals surface area contributed by atoms with Crippen molar-refractivity contribution >= 4 is 11.8 Å². The molecule has 0 bridgehead atoms. The molecule has 1 rings (SSSR count). The highest BCUT2D eigenvalue weighted by molar-refractivity contribution is 5.87. The van der Waals surface area contributed by atoms with Crippen LogP contribution < -0.4 is 0 Å². The number of carboxylic acids is 1. The molecule has 3 nitrogen and oxygen atoms in total. The summed E-state index contributed by atoms with van der Waals surface area (Å²) in [5.41, 5.74) is -0.469. The SMILES string of the molecule is CC(C)[C@@H](C)/C=C/[C@@H](C)[C@H]1CCC(=O)[C@]1(C)CCC(=O)O. The first-order valence-electron chi connectivity index (χ1n) is 8.12. The lowest BCUT2D eigenvalue weighted by molar-refractivity contribution is -0.138. The lowest BCUT2D eigenvalue weighted by Crippen LogP contribution is -2.33. The van der Waals surface area contributed by atoms with Crippen LogP contribution in [0, 0.1) is 29.1 Å². The van der Waals surface area contributed by atoms with Crippen molar-refractivity contribution in [2.75, 3.05) is 0 Å². The second kappa shape index (κ2) is 7.24. The smallest absolute Gasteiger partial charge is 0.303 e. The molecule has 1 N–H and O–H groups in total. The molecule has 0 unspecified atom stereocenters. The fourth-order valence-corrected chi connectivity index (χ4v) is 3.34. The second-order valence-corrected chi connectivity index (χ2v) is 7.23. The zero-order chi connectivity index (χ0) is 16.2. The van der Waals surface area contributed by atoms with Gasteiger partial charge >= 0.3 is 5.97 Å². The Hall–Kier alpha value is -1.12. The van der Waals surface area contributed by atoms with Crippen molar-refractivity contribution in [3.8, 4) is 0 Å². The largest absolute Gasteiger partial charge is 0.481 e. The third-order valence-electron chi connectivity index (χ3n) is 5.40. The molecule has 0 radical (unpaired) electrons. The van der Waals surface area contributed by atoms with Gasteiger partial charge in [0.2, 0.25) is 0 Å². The molecule has 0 spiro atoms. The van der Waals surface area contributed by atoms with Crippen LogP contribution in [0.3, 0.4) is 0 Å². The van der Waals surface area contributed by atoms with E-state index in [1.54, 1.807) is 0 Å². The van der Waals surface area contributed by atoms with Crippen LogP contribution in [0.5, 0.6) is 0 Å². The third-order valence-corrected chi connectivity index (χ3v) is 5.40. The van der Waals surface area contributed by atoms with E-state index in [0.717, 1.165) is 6.42 Å². The maximum Gasteiger partial charge on any atom is 0.303 e. The quantitative estimate of drug-likeness (QED) is 0.711. The van der Waals surface area contributed by atoms with Crippen LogP contribution in [0.25, 0.3) is 0 Å². The minimum atomic E-state index is -0.814. The summed E-state index contributed by atoms with van der Waals surface area (Å²) in [5.74, 6) is 1.14. The van der Waals surface area contributed by atoms with Gasteiger partial charge in [0.25, 0.3) is 0 Å². The van der Waals surface area contributed by atoms with E-state index in [2.05, 4.69) is 39.8 Å². The molecule has 120 valence electrons. The molecule has 1 aliphatic rings. The van der Waals surface area contributed by atoms with Crippen LogP contribution in [0.15, 0.2) is 12.2 Å². The maximum atomic E-state index is 12.3. The molecule has 1 saturated carbocycles. The van der Waals surface area contributed by atoms with Gasteiger partial charge in [-0.15, -0.1) is 0 Å². The molecule has 4 atom stereocenters. The number of aliphatic carboxylic acids is 1. The molecule has 0 aliphatic heterocycles. The Bertz CT molecular complexity index is 411. The molecular formula is C18H30O3. The average molecular weight is 294 g/mol. The lowest BCUT2D eigenvalue weighted by atomic mass is 9.70. The summed E-state index contributed by atoms with van der Waals surface area (Å²) in [7, 11) is 0. The van der Waals surface area contributed by atoms with E-state index >= 15 is 0 Å². The van der Waals surface area contributed by atoms with Gasteiger partial charge in [0.1, 0.15) is 5.78 Å². The normalized spacial score (nSPS) is 29.2. The number of allylic oxidation sites excluding steroid dienone is 2. The Kier molecular flexibility index (Phi) is 6.18. The van der Waals surface area contributed by atoms with Gasteiger partial charge in [0.15, 0.2) is 0 Å². The third kappa shape index (κ3) is 4.42. The number of carboxylic acid groups (broad SMARTS) is 1. The molecule has 21 heavy (non-hydrogen) atoms. The summed E-state index contributed by atoms with van der Waals surface area (Å²) in [4.78, 5) is 23.1. The summed E-state index contributed by atoms with van der Waals surface area (Å²) in [6.07, 6.45) is 6.50. The van der Waals surface area contributed by atoms with E-state index in [-0.39, 0.29) is 18.1 Å². The van der Waals surface area contributed by atoms with Gasteiger partial charge in [-0.25, -0.2) is 0 Å². The van der Waals surface area contributed by atoms with E-state index < -0.39 is 11.4 Å². The van der Waals surface area contributed by atoms with E-state index in [0.29, 0.717) is 30.6 Å². The first kappa shape index (κ1) is 17.9. The summed E-state index contributed by atoms with van der Waals surface area (Å²) in [5, 5.41) is 8.91. The van der Waals surface area contributed by atoms with Gasteiger partial charge in [-0.05, 0) is 36.5 Å². The molecule has 0 aromatic rings. The van der Waals surface area contributed by atoms with Crippen LogP contribution in [-0.4, -0.2) is 16.9 Å². The van der Waals surface area contributed by atoms with Crippen molar-refractivity contribution in [2.24, 2.45) is 29.1 Å². The van der Waals surface area contributed by atoms with Crippen LogP contribution in [0.1, 0.15) is 60.3 Å². The minimum Gasteiger partial charge on any atom is -0.481 e. The highest BCUT2D eigenvalue weighted by Gasteiger charge is 2.47. The molecule has 0 amide bonds. The Morgan fingerprint density at radius 1 is 1.33 bits per heavy atom. The number of Topliss-reactive ketones (excluding diaryl/α,β-unsaturated/α-hetero) is 1. The first-order valence-corrected chi connectivity index (χ1v) is 8.12. The van der Waals surface area contributed by atoms with E-state index in [9.17, 15) is 9.59 Å². The average Bonchev–Trinajstić information content (AvgIpc) is 2.70. The van der Waals surface area contributed by atoms with Crippen molar-refractivity contribution in [1.82, 2.24) is 0 Å². The molecule has 1 aliphatic carbocycles. The van der Waals surface area contributed by atoms with Crippen LogP contribution >= 0.6 is 0 Å². The van der Waals surface area contributed by atoms with Gasteiger partial charge in [0, 0.05) is 18.3 Å².